The Morgan fingerprint density at radius 3 is 2.62 bits per heavy atom. The maximum atomic E-state index is 13.3. The molecule has 0 unspecified atom stereocenters. The Morgan fingerprint density at radius 1 is 1.21 bits per heavy atom. The molecule has 0 aliphatic heterocycles. The lowest BCUT2D eigenvalue weighted by atomic mass is 10.2. The summed E-state index contributed by atoms with van der Waals surface area (Å²) >= 11 is 0. The average Bonchev–Trinajstić information content (AvgIpc) is 3.04. The van der Waals surface area contributed by atoms with Crippen LogP contribution in [0.3, 0.4) is 0 Å². The molecule has 0 aliphatic rings. The van der Waals surface area contributed by atoms with Gasteiger partial charge in [0.2, 0.25) is 0 Å². The molecule has 11 heteroatoms. The zero-order valence-corrected chi connectivity index (χ0v) is 17.9. The van der Waals surface area contributed by atoms with Crippen molar-refractivity contribution in [3.05, 3.63) is 65.4 Å². The number of nitrogens with zero attached hydrogens (tertiary/aromatic N) is 5. The molecule has 3 rings (SSSR count). The molecule has 6 nitrogen and oxygen atoms in total. The van der Waals surface area contributed by atoms with Crippen molar-refractivity contribution in [2.75, 3.05) is 14.1 Å². The van der Waals surface area contributed by atoms with Crippen molar-refractivity contribution in [3.8, 4) is 0 Å². The van der Waals surface area contributed by atoms with Crippen molar-refractivity contribution < 1.29 is 17.6 Å². The van der Waals surface area contributed by atoms with Crippen LogP contribution >= 0.6 is 24.0 Å². The van der Waals surface area contributed by atoms with Gasteiger partial charge in [-0.2, -0.15) is 13.2 Å². The van der Waals surface area contributed by atoms with Crippen molar-refractivity contribution in [1.82, 2.24) is 24.8 Å². The second kappa shape index (κ2) is 9.37. The summed E-state index contributed by atoms with van der Waals surface area (Å²) in [6.45, 7) is 0.513. The molecule has 0 amide bonds. The van der Waals surface area contributed by atoms with Crippen LogP contribution in [0.1, 0.15) is 17.0 Å². The van der Waals surface area contributed by atoms with E-state index in [0.29, 0.717) is 24.0 Å². The number of fused-ring (bicyclic) bond motifs is 1. The minimum atomic E-state index is -4.45. The van der Waals surface area contributed by atoms with Crippen LogP contribution in [0.4, 0.5) is 17.6 Å². The van der Waals surface area contributed by atoms with E-state index < -0.39 is 11.7 Å². The predicted molar refractivity (Wildman–Crippen MR) is 111 cm³/mol. The lowest BCUT2D eigenvalue weighted by Gasteiger charge is -2.22. The Hall–Kier alpha value is -2.44. The Balaban J connectivity index is 0.00000300. The molecule has 156 valence electrons. The summed E-state index contributed by atoms with van der Waals surface area (Å²) in [7, 11) is 3.35. The first-order chi connectivity index (χ1) is 13.3. The van der Waals surface area contributed by atoms with Gasteiger partial charge in [0.25, 0.3) is 0 Å². The molecule has 0 fully saturated rings. The number of alkyl halides is 3. The lowest BCUT2D eigenvalue weighted by molar-refractivity contribution is -0.137. The van der Waals surface area contributed by atoms with E-state index in [9.17, 15) is 17.6 Å². The molecule has 0 saturated carbocycles. The highest BCUT2D eigenvalue weighted by Crippen LogP contribution is 2.29. The second-order valence-corrected chi connectivity index (χ2v) is 6.15. The Labute approximate surface area is 181 Å². The molecular weight excluding hydrogens is 503 g/mol. The third-order valence-corrected chi connectivity index (χ3v) is 4.09. The Morgan fingerprint density at radius 2 is 1.97 bits per heavy atom. The lowest BCUT2D eigenvalue weighted by Crippen LogP contribution is -2.38. The number of aromatic nitrogens is 3. The highest BCUT2D eigenvalue weighted by atomic mass is 127. The third-order valence-electron chi connectivity index (χ3n) is 4.09. The zero-order chi connectivity index (χ0) is 20.3. The van der Waals surface area contributed by atoms with Crippen molar-refractivity contribution in [2.24, 2.45) is 4.99 Å². The van der Waals surface area contributed by atoms with Gasteiger partial charge in [0.15, 0.2) is 17.4 Å². The molecule has 2 heterocycles. The maximum absolute atomic E-state index is 13.3. The standard InChI is InChI=1S/C18H18F4N6.HI/c1-23-17(27(2)10-12-4-3-5-14(19)8-12)24-9-16-26-25-15-7-6-13(11-28(15)16)18(20,21)22;/h3-8,11H,9-10H2,1-2H3,(H,23,24);1H. The Bertz CT molecular complexity index is 1000. The van der Waals surface area contributed by atoms with Gasteiger partial charge in [-0.25, -0.2) is 4.39 Å². The van der Waals surface area contributed by atoms with E-state index in [0.717, 1.165) is 17.8 Å². The molecule has 0 atom stereocenters. The summed E-state index contributed by atoms with van der Waals surface area (Å²) in [4.78, 5) is 5.91. The van der Waals surface area contributed by atoms with Crippen LogP contribution < -0.4 is 5.32 Å². The number of hydrogen-bond acceptors (Lipinski definition) is 3. The number of benzene rings is 1. The molecule has 29 heavy (non-hydrogen) atoms. The molecule has 0 aliphatic carbocycles. The molecule has 0 spiro atoms. The molecule has 2 aromatic heterocycles. The van der Waals surface area contributed by atoms with Gasteiger partial charge in [-0.3, -0.25) is 9.39 Å². The molecule has 1 N–H and O–H groups in total. The highest BCUT2D eigenvalue weighted by Gasteiger charge is 2.31. The summed E-state index contributed by atoms with van der Waals surface area (Å²) in [6, 6.07) is 8.43. The topological polar surface area (TPSA) is 57.8 Å². The van der Waals surface area contributed by atoms with Crippen molar-refractivity contribution in [1.29, 1.82) is 0 Å². The SMILES string of the molecule is CN=C(NCc1nnc2ccc(C(F)(F)F)cn12)N(C)Cc1cccc(F)c1.I. The van der Waals surface area contributed by atoms with E-state index in [1.54, 1.807) is 31.1 Å². The molecular formula is C18H19F4IN6. The van der Waals surface area contributed by atoms with E-state index in [1.165, 1.54) is 22.6 Å². The van der Waals surface area contributed by atoms with Gasteiger partial charge in [-0.05, 0) is 29.8 Å². The number of pyridine rings is 1. The van der Waals surface area contributed by atoms with Gasteiger partial charge in [-0.1, -0.05) is 12.1 Å². The summed E-state index contributed by atoms with van der Waals surface area (Å²) in [6.07, 6.45) is -3.49. The van der Waals surface area contributed by atoms with Crippen molar-refractivity contribution >= 4 is 35.6 Å². The fourth-order valence-corrected chi connectivity index (χ4v) is 2.75. The monoisotopic (exact) mass is 522 g/mol. The quantitative estimate of drug-likeness (QED) is 0.246. The average molecular weight is 522 g/mol. The Kier molecular flexibility index (Phi) is 7.38. The largest absolute Gasteiger partial charge is 0.417 e. The van der Waals surface area contributed by atoms with E-state index in [1.807, 2.05) is 0 Å². The van der Waals surface area contributed by atoms with E-state index >= 15 is 0 Å². The van der Waals surface area contributed by atoms with Gasteiger partial charge >= 0.3 is 6.18 Å². The van der Waals surface area contributed by atoms with Gasteiger partial charge < -0.3 is 10.2 Å². The van der Waals surface area contributed by atoms with Crippen molar-refractivity contribution in [2.45, 2.75) is 19.3 Å². The highest BCUT2D eigenvalue weighted by molar-refractivity contribution is 14.0. The summed E-state index contributed by atoms with van der Waals surface area (Å²) in [5.41, 5.74) is 0.287. The van der Waals surface area contributed by atoms with Crippen molar-refractivity contribution in [3.63, 3.8) is 0 Å². The van der Waals surface area contributed by atoms with Crippen LogP contribution in [0, 0.1) is 5.82 Å². The fourth-order valence-electron chi connectivity index (χ4n) is 2.75. The zero-order valence-electron chi connectivity index (χ0n) is 15.6. The number of aliphatic imine (C=N–C) groups is 1. The fraction of sp³-hybridized carbons (Fsp3) is 0.278. The second-order valence-electron chi connectivity index (χ2n) is 6.15. The summed E-state index contributed by atoms with van der Waals surface area (Å²) in [5, 5.41) is 10.9. The van der Waals surface area contributed by atoms with Crippen LogP contribution in [0.15, 0.2) is 47.6 Å². The van der Waals surface area contributed by atoms with Gasteiger partial charge in [-0.15, -0.1) is 34.2 Å². The van der Waals surface area contributed by atoms with Crippen LogP contribution in [0.5, 0.6) is 0 Å². The smallest absolute Gasteiger partial charge is 0.349 e. The van der Waals surface area contributed by atoms with Crippen LogP contribution in [0.25, 0.3) is 5.65 Å². The number of halogens is 5. The van der Waals surface area contributed by atoms with E-state index in [2.05, 4.69) is 20.5 Å². The van der Waals surface area contributed by atoms with Gasteiger partial charge in [0.05, 0.1) is 12.1 Å². The molecule has 1 aromatic carbocycles. The van der Waals surface area contributed by atoms with Gasteiger partial charge in [0.1, 0.15) is 5.82 Å². The first-order valence-electron chi connectivity index (χ1n) is 8.35. The molecule has 3 aromatic rings. The number of guanidine groups is 1. The summed E-state index contributed by atoms with van der Waals surface area (Å²) < 4.78 is 53.4. The number of hydrogen-bond donors (Lipinski definition) is 1. The minimum Gasteiger partial charge on any atom is -0.349 e. The molecule has 0 radical (unpaired) electrons. The predicted octanol–water partition coefficient (Wildman–Crippen LogP) is 3.71. The van der Waals surface area contributed by atoms with E-state index in [4.69, 9.17) is 0 Å². The molecule has 0 saturated heterocycles. The van der Waals surface area contributed by atoms with Gasteiger partial charge in [0, 0.05) is 26.8 Å². The first kappa shape index (κ1) is 22.8. The normalized spacial score (nSPS) is 12.0. The summed E-state index contributed by atoms with van der Waals surface area (Å²) in [5.74, 6) is 0.457. The third kappa shape index (κ3) is 5.55. The minimum absolute atomic E-state index is 0. The first-order valence-corrected chi connectivity index (χ1v) is 8.35. The van der Waals surface area contributed by atoms with Crippen LogP contribution in [-0.4, -0.2) is 39.6 Å². The molecule has 0 bridgehead atoms. The van der Waals surface area contributed by atoms with E-state index in [-0.39, 0.29) is 36.3 Å². The van der Waals surface area contributed by atoms with Crippen LogP contribution in [-0.2, 0) is 19.3 Å². The number of nitrogens with one attached hydrogen (secondary N) is 1. The maximum Gasteiger partial charge on any atom is 0.417 e. The van der Waals surface area contributed by atoms with Crippen LogP contribution in [0.2, 0.25) is 0 Å². The number of rotatable bonds is 4.